The van der Waals surface area contributed by atoms with E-state index in [1.807, 2.05) is 35.8 Å². The number of thiazole rings is 1. The topological polar surface area (TPSA) is 66.5 Å². The highest BCUT2D eigenvalue weighted by Crippen LogP contribution is 2.26. The Hall–Kier alpha value is -2.28. The molecule has 0 radical (unpaired) electrons. The van der Waals surface area contributed by atoms with Gasteiger partial charge in [0.15, 0.2) is 5.13 Å². The van der Waals surface area contributed by atoms with Crippen LogP contribution < -0.4 is 20.3 Å². The number of hydrogen-bond acceptors (Lipinski definition) is 5. The van der Waals surface area contributed by atoms with Gasteiger partial charge in [0.2, 0.25) is 0 Å². The number of ether oxygens (including phenoxy) is 1. The molecule has 7 heteroatoms. The molecule has 1 fully saturated rings. The second-order valence-electron chi connectivity index (χ2n) is 5.72. The number of carbonyl (C=O) groups excluding carboxylic acids is 1. The fraction of sp³-hybridized carbons (Fsp3) is 0.412. The number of benzene rings is 1. The summed E-state index contributed by atoms with van der Waals surface area (Å²) >= 11 is 1.64. The molecule has 0 bridgehead atoms. The number of carbonyl (C=O) groups is 1. The van der Waals surface area contributed by atoms with Gasteiger partial charge < -0.3 is 20.3 Å². The van der Waals surface area contributed by atoms with Crippen molar-refractivity contribution in [3.05, 3.63) is 41.4 Å². The molecule has 1 aliphatic rings. The molecule has 1 aromatic carbocycles. The molecule has 1 saturated heterocycles. The number of amides is 2. The lowest BCUT2D eigenvalue weighted by molar-refractivity contribution is 0.240. The molecular weight excluding hydrogens is 324 g/mol. The van der Waals surface area contributed by atoms with Gasteiger partial charge in [0.1, 0.15) is 5.75 Å². The number of aromatic nitrogens is 1. The maximum atomic E-state index is 12.0. The quantitative estimate of drug-likeness (QED) is 0.844. The SMILES string of the molecule is COc1ccc(CNC(=O)NCC2CCCN2c2nccs2)cc1. The first-order valence-corrected chi connectivity index (χ1v) is 8.95. The highest BCUT2D eigenvalue weighted by molar-refractivity contribution is 7.13. The van der Waals surface area contributed by atoms with Gasteiger partial charge in [-0.1, -0.05) is 12.1 Å². The number of nitrogens with zero attached hydrogens (tertiary/aromatic N) is 2. The van der Waals surface area contributed by atoms with Gasteiger partial charge in [-0.05, 0) is 30.5 Å². The minimum absolute atomic E-state index is 0.142. The predicted octanol–water partition coefficient (Wildman–Crippen LogP) is 2.62. The zero-order valence-electron chi connectivity index (χ0n) is 13.7. The highest BCUT2D eigenvalue weighted by atomic mass is 32.1. The third-order valence-corrected chi connectivity index (χ3v) is 4.96. The largest absolute Gasteiger partial charge is 0.497 e. The van der Waals surface area contributed by atoms with Gasteiger partial charge in [-0.3, -0.25) is 0 Å². The van der Waals surface area contributed by atoms with E-state index < -0.39 is 0 Å². The molecule has 1 atom stereocenters. The fourth-order valence-corrected chi connectivity index (χ4v) is 3.60. The van der Waals surface area contributed by atoms with E-state index in [0.717, 1.165) is 35.8 Å². The Morgan fingerprint density at radius 3 is 2.92 bits per heavy atom. The Labute approximate surface area is 145 Å². The normalized spacial score (nSPS) is 16.9. The van der Waals surface area contributed by atoms with Crippen molar-refractivity contribution >= 4 is 22.5 Å². The molecule has 0 saturated carbocycles. The van der Waals surface area contributed by atoms with E-state index in [2.05, 4.69) is 20.5 Å². The summed E-state index contributed by atoms with van der Waals surface area (Å²) < 4.78 is 5.12. The van der Waals surface area contributed by atoms with Gasteiger partial charge in [-0.2, -0.15) is 0 Å². The van der Waals surface area contributed by atoms with E-state index in [4.69, 9.17) is 4.74 Å². The highest BCUT2D eigenvalue weighted by Gasteiger charge is 2.26. The summed E-state index contributed by atoms with van der Waals surface area (Å²) in [5, 5.41) is 8.88. The van der Waals surface area contributed by atoms with Crippen molar-refractivity contribution in [2.24, 2.45) is 0 Å². The lowest BCUT2D eigenvalue weighted by atomic mass is 10.2. The summed E-state index contributed by atoms with van der Waals surface area (Å²) in [6.07, 6.45) is 4.04. The van der Waals surface area contributed by atoms with Crippen molar-refractivity contribution in [3.8, 4) is 5.75 Å². The summed E-state index contributed by atoms with van der Waals surface area (Å²) in [6.45, 7) is 2.14. The fourth-order valence-electron chi connectivity index (χ4n) is 2.86. The van der Waals surface area contributed by atoms with Crippen LogP contribution in [0.5, 0.6) is 5.75 Å². The Balaban J connectivity index is 1.43. The smallest absolute Gasteiger partial charge is 0.315 e. The second-order valence-corrected chi connectivity index (χ2v) is 6.59. The Morgan fingerprint density at radius 2 is 2.21 bits per heavy atom. The predicted molar refractivity (Wildman–Crippen MR) is 95.7 cm³/mol. The number of methoxy groups -OCH3 is 1. The van der Waals surface area contributed by atoms with Crippen LogP contribution in [0, 0.1) is 0 Å². The molecule has 2 aromatic rings. The van der Waals surface area contributed by atoms with E-state index in [1.165, 1.54) is 0 Å². The van der Waals surface area contributed by atoms with Gasteiger partial charge in [-0.25, -0.2) is 9.78 Å². The summed E-state index contributed by atoms with van der Waals surface area (Å²) in [4.78, 5) is 18.7. The first-order chi connectivity index (χ1) is 11.8. The Kier molecular flexibility index (Phi) is 5.53. The van der Waals surface area contributed by atoms with Gasteiger partial charge in [0.25, 0.3) is 0 Å². The Bertz CT molecular complexity index is 645. The molecule has 1 aliphatic heterocycles. The average molecular weight is 346 g/mol. The summed E-state index contributed by atoms with van der Waals surface area (Å²) in [5.74, 6) is 0.812. The molecule has 0 spiro atoms. The molecule has 2 heterocycles. The third kappa shape index (κ3) is 4.17. The van der Waals surface area contributed by atoms with Crippen molar-refractivity contribution in [1.29, 1.82) is 0 Å². The summed E-state index contributed by atoms with van der Waals surface area (Å²) in [6, 6.07) is 7.85. The monoisotopic (exact) mass is 346 g/mol. The van der Waals surface area contributed by atoms with Crippen LogP contribution in [0.1, 0.15) is 18.4 Å². The molecule has 128 valence electrons. The standard InChI is InChI=1S/C17H22N4O2S/c1-23-15-6-4-13(5-7-15)11-19-16(22)20-12-14-3-2-9-21(14)17-18-8-10-24-17/h4-8,10,14H,2-3,9,11-12H2,1H3,(H2,19,20,22). The first-order valence-electron chi connectivity index (χ1n) is 8.07. The molecule has 0 aliphatic carbocycles. The minimum atomic E-state index is -0.142. The van der Waals surface area contributed by atoms with Gasteiger partial charge in [0, 0.05) is 37.3 Å². The first kappa shape index (κ1) is 16.6. The maximum Gasteiger partial charge on any atom is 0.315 e. The molecule has 24 heavy (non-hydrogen) atoms. The molecule has 2 amide bonds. The minimum Gasteiger partial charge on any atom is -0.497 e. The molecule has 3 rings (SSSR count). The van der Waals surface area contributed by atoms with Crippen molar-refractivity contribution in [2.75, 3.05) is 25.1 Å². The van der Waals surface area contributed by atoms with Crippen LogP contribution in [0.3, 0.4) is 0 Å². The second kappa shape index (κ2) is 8.01. The Morgan fingerprint density at radius 1 is 1.38 bits per heavy atom. The van der Waals surface area contributed by atoms with Crippen molar-refractivity contribution < 1.29 is 9.53 Å². The van der Waals surface area contributed by atoms with Gasteiger partial charge in [0.05, 0.1) is 7.11 Å². The van der Waals surface area contributed by atoms with E-state index in [9.17, 15) is 4.79 Å². The van der Waals surface area contributed by atoms with Crippen LogP contribution >= 0.6 is 11.3 Å². The van der Waals surface area contributed by atoms with Crippen LogP contribution in [0.4, 0.5) is 9.93 Å². The molecule has 6 nitrogen and oxygen atoms in total. The van der Waals surface area contributed by atoms with Crippen LogP contribution in [0.25, 0.3) is 0 Å². The van der Waals surface area contributed by atoms with Gasteiger partial charge in [-0.15, -0.1) is 11.3 Å². The summed E-state index contributed by atoms with van der Waals surface area (Å²) in [7, 11) is 1.64. The number of nitrogens with one attached hydrogen (secondary N) is 2. The number of anilines is 1. The van der Waals surface area contributed by atoms with E-state index in [0.29, 0.717) is 19.1 Å². The van der Waals surface area contributed by atoms with Crippen LogP contribution in [-0.4, -0.2) is 37.3 Å². The lowest BCUT2D eigenvalue weighted by Gasteiger charge is -2.24. The van der Waals surface area contributed by atoms with Crippen LogP contribution in [0.15, 0.2) is 35.8 Å². The maximum absolute atomic E-state index is 12.0. The number of urea groups is 1. The van der Waals surface area contributed by atoms with Crippen molar-refractivity contribution in [2.45, 2.75) is 25.4 Å². The van der Waals surface area contributed by atoms with Crippen molar-refractivity contribution in [1.82, 2.24) is 15.6 Å². The van der Waals surface area contributed by atoms with Gasteiger partial charge >= 0.3 is 6.03 Å². The van der Waals surface area contributed by atoms with Crippen molar-refractivity contribution in [3.63, 3.8) is 0 Å². The molecular formula is C17H22N4O2S. The third-order valence-electron chi connectivity index (χ3n) is 4.15. The summed E-state index contributed by atoms with van der Waals surface area (Å²) in [5.41, 5.74) is 1.04. The lowest BCUT2D eigenvalue weighted by Crippen LogP contribution is -2.43. The van der Waals surface area contributed by atoms with E-state index in [1.54, 1.807) is 18.4 Å². The van der Waals surface area contributed by atoms with E-state index >= 15 is 0 Å². The molecule has 1 unspecified atom stereocenters. The van der Waals surface area contributed by atoms with Crippen LogP contribution in [0.2, 0.25) is 0 Å². The van der Waals surface area contributed by atoms with E-state index in [-0.39, 0.29) is 6.03 Å². The molecule has 2 N–H and O–H groups in total. The zero-order valence-corrected chi connectivity index (χ0v) is 14.5. The zero-order chi connectivity index (χ0) is 16.8. The molecule has 1 aromatic heterocycles. The van der Waals surface area contributed by atoms with Crippen LogP contribution in [-0.2, 0) is 6.54 Å². The average Bonchev–Trinajstić information content (AvgIpc) is 3.29. The number of hydrogen-bond donors (Lipinski definition) is 2. The number of rotatable bonds is 6.